The molecule has 19 heavy (non-hydrogen) atoms. The molecular weight excluding hydrogens is 258 g/mol. The standard InChI is InChI=1S/C14H19N3OS/c1-4-11(15-5-2)14-17-16-13(19-14)10-8-6-7-9-12(10)18-3/h6-9,11,15H,4-5H2,1-3H3. The van der Waals surface area contributed by atoms with Gasteiger partial charge in [-0.25, -0.2) is 0 Å². The molecule has 1 aromatic carbocycles. The van der Waals surface area contributed by atoms with E-state index in [4.69, 9.17) is 4.74 Å². The van der Waals surface area contributed by atoms with Crippen molar-refractivity contribution in [3.63, 3.8) is 0 Å². The first-order chi connectivity index (χ1) is 9.30. The van der Waals surface area contributed by atoms with E-state index < -0.39 is 0 Å². The van der Waals surface area contributed by atoms with Crippen LogP contribution in [0.5, 0.6) is 5.75 Å². The summed E-state index contributed by atoms with van der Waals surface area (Å²) in [5.41, 5.74) is 1.00. The van der Waals surface area contributed by atoms with Crippen molar-refractivity contribution in [1.82, 2.24) is 15.5 Å². The fourth-order valence-electron chi connectivity index (χ4n) is 1.96. The van der Waals surface area contributed by atoms with Gasteiger partial charge in [0.05, 0.1) is 18.7 Å². The van der Waals surface area contributed by atoms with Gasteiger partial charge in [0, 0.05) is 0 Å². The third-order valence-corrected chi connectivity index (χ3v) is 4.01. The second-order valence-electron chi connectivity index (χ2n) is 4.16. The molecule has 0 saturated carbocycles. The lowest BCUT2D eigenvalue weighted by atomic mass is 10.2. The average molecular weight is 277 g/mol. The molecule has 0 bridgehead atoms. The largest absolute Gasteiger partial charge is 0.496 e. The lowest BCUT2D eigenvalue weighted by Gasteiger charge is -2.11. The van der Waals surface area contributed by atoms with Gasteiger partial charge in [-0.3, -0.25) is 0 Å². The first-order valence-corrected chi connectivity index (χ1v) is 7.32. The molecule has 1 N–H and O–H groups in total. The van der Waals surface area contributed by atoms with E-state index >= 15 is 0 Å². The molecule has 0 aliphatic carbocycles. The van der Waals surface area contributed by atoms with Crippen LogP contribution in [0.4, 0.5) is 0 Å². The van der Waals surface area contributed by atoms with E-state index in [1.165, 1.54) is 0 Å². The van der Waals surface area contributed by atoms with Crippen molar-refractivity contribution in [2.75, 3.05) is 13.7 Å². The first kappa shape index (κ1) is 14.0. The van der Waals surface area contributed by atoms with Gasteiger partial charge < -0.3 is 10.1 Å². The van der Waals surface area contributed by atoms with E-state index in [9.17, 15) is 0 Å². The second kappa shape index (κ2) is 6.63. The Hall–Kier alpha value is -1.46. The summed E-state index contributed by atoms with van der Waals surface area (Å²) in [6.07, 6.45) is 1.01. The van der Waals surface area contributed by atoms with Gasteiger partial charge in [0.2, 0.25) is 0 Å². The number of para-hydroxylation sites is 1. The number of aromatic nitrogens is 2. The summed E-state index contributed by atoms with van der Waals surface area (Å²) in [4.78, 5) is 0. The van der Waals surface area contributed by atoms with Crippen LogP contribution in [0.15, 0.2) is 24.3 Å². The molecule has 5 heteroatoms. The van der Waals surface area contributed by atoms with E-state index in [-0.39, 0.29) is 6.04 Å². The number of nitrogens with zero attached hydrogens (tertiary/aromatic N) is 2. The Bertz CT molecular complexity index is 527. The summed E-state index contributed by atoms with van der Waals surface area (Å²) < 4.78 is 5.37. The molecule has 4 nitrogen and oxygen atoms in total. The van der Waals surface area contributed by atoms with Crippen molar-refractivity contribution < 1.29 is 4.74 Å². The summed E-state index contributed by atoms with van der Waals surface area (Å²) in [6, 6.07) is 8.18. The molecule has 0 amide bonds. The monoisotopic (exact) mass is 277 g/mol. The zero-order valence-electron chi connectivity index (χ0n) is 11.5. The van der Waals surface area contributed by atoms with E-state index in [1.54, 1.807) is 18.4 Å². The molecule has 2 aromatic rings. The van der Waals surface area contributed by atoms with Crippen LogP contribution in [-0.4, -0.2) is 23.9 Å². The van der Waals surface area contributed by atoms with E-state index in [0.29, 0.717) is 0 Å². The number of nitrogens with one attached hydrogen (secondary N) is 1. The average Bonchev–Trinajstić information content (AvgIpc) is 2.94. The smallest absolute Gasteiger partial charge is 0.151 e. The molecule has 1 unspecified atom stereocenters. The molecule has 1 aromatic heterocycles. The van der Waals surface area contributed by atoms with Crippen molar-refractivity contribution >= 4 is 11.3 Å². The Labute approximate surface area is 117 Å². The summed E-state index contributed by atoms with van der Waals surface area (Å²) in [7, 11) is 1.67. The molecule has 0 aliphatic rings. The molecule has 0 saturated heterocycles. The number of rotatable bonds is 6. The van der Waals surface area contributed by atoms with Crippen LogP contribution >= 0.6 is 11.3 Å². The molecule has 102 valence electrons. The maximum Gasteiger partial charge on any atom is 0.151 e. The van der Waals surface area contributed by atoms with E-state index in [1.807, 2.05) is 24.3 Å². The molecular formula is C14H19N3OS. The molecule has 1 heterocycles. The highest BCUT2D eigenvalue weighted by molar-refractivity contribution is 7.14. The highest BCUT2D eigenvalue weighted by Gasteiger charge is 2.16. The third kappa shape index (κ3) is 3.11. The maximum absolute atomic E-state index is 5.37. The van der Waals surface area contributed by atoms with Crippen molar-refractivity contribution in [3.8, 4) is 16.3 Å². The van der Waals surface area contributed by atoms with Crippen molar-refractivity contribution in [1.29, 1.82) is 0 Å². The molecule has 0 radical (unpaired) electrons. The highest BCUT2D eigenvalue weighted by atomic mass is 32.1. The SMILES string of the molecule is CCNC(CC)c1nnc(-c2ccccc2OC)s1. The van der Waals surface area contributed by atoms with E-state index in [0.717, 1.165) is 34.3 Å². The first-order valence-electron chi connectivity index (χ1n) is 6.50. The zero-order chi connectivity index (χ0) is 13.7. The van der Waals surface area contributed by atoms with Crippen LogP contribution in [0, 0.1) is 0 Å². The topological polar surface area (TPSA) is 47.0 Å². The predicted octanol–water partition coefficient (Wildman–Crippen LogP) is 3.27. The van der Waals surface area contributed by atoms with Gasteiger partial charge in [0.25, 0.3) is 0 Å². The van der Waals surface area contributed by atoms with Crippen LogP contribution in [0.3, 0.4) is 0 Å². The normalized spacial score (nSPS) is 12.4. The van der Waals surface area contributed by atoms with Gasteiger partial charge in [0.15, 0.2) is 5.01 Å². The highest BCUT2D eigenvalue weighted by Crippen LogP contribution is 2.33. The zero-order valence-corrected chi connectivity index (χ0v) is 12.3. The van der Waals surface area contributed by atoms with Gasteiger partial charge in [-0.1, -0.05) is 37.3 Å². The van der Waals surface area contributed by atoms with Crippen LogP contribution in [-0.2, 0) is 0 Å². The fraction of sp³-hybridized carbons (Fsp3) is 0.429. The number of hydrogen-bond acceptors (Lipinski definition) is 5. The van der Waals surface area contributed by atoms with Gasteiger partial charge in [0.1, 0.15) is 10.8 Å². The molecule has 1 atom stereocenters. The van der Waals surface area contributed by atoms with Crippen LogP contribution in [0.1, 0.15) is 31.3 Å². The van der Waals surface area contributed by atoms with Gasteiger partial charge in [-0.2, -0.15) is 0 Å². The van der Waals surface area contributed by atoms with Gasteiger partial charge in [-0.15, -0.1) is 10.2 Å². The van der Waals surface area contributed by atoms with Gasteiger partial charge in [-0.05, 0) is 25.1 Å². The number of hydrogen-bond donors (Lipinski definition) is 1. The van der Waals surface area contributed by atoms with Crippen molar-refractivity contribution in [3.05, 3.63) is 29.3 Å². The minimum atomic E-state index is 0.283. The van der Waals surface area contributed by atoms with Crippen LogP contribution < -0.4 is 10.1 Å². The lowest BCUT2D eigenvalue weighted by molar-refractivity contribution is 0.416. The number of benzene rings is 1. The maximum atomic E-state index is 5.37. The molecule has 0 spiro atoms. The van der Waals surface area contributed by atoms with Crippen LogP contribution in [0.25, 0.3) is 10.6 Å². The summed E-state index contributed by atoms with van der Waals surface area (Å²) in [5.74, 6) is 0.835. The van der Waals surface area contributed by atoms with Crippen LogP contribution in [0.2, 0.25) is 0 Å². The molecule has 0 fully saturated rings. The predicted molar refractivity (Wildman–Crippen MR) is 78.6 cm³/mol. The summed E-state index contributed by atoms with van der Waals surface area (Å²) in [5, 5.41) is 14.0. The number of ether oxygens (including phenoxy) is 1. The molecule has 0 aliphatic heterocycles. The van der Waals surface area contributed by atoms with Crippen molar-refractivity contribution in [2.24, 2.45) is 0 Å². The Morgan fingerprint density at radius 3 is 2.74 bits per heavy atom. The Morgan fingerprint density at radius 1 is 1.26 bits per heavy atom. The minimum Gasteiger partial charge on any atom is -0.496 e. The Kier molecular flexibility index (Phi) is 4.87. The summed E-state index contributed by atoms with van der Waals surface area (Å²) in [6.45, 7) is 5.18. The minimum absolute atomic E-state index is 0.283. The Balaban J connectivity index is 2.30. The van der Waals surface area contributed by atoms with E-state index in [2.05, 4.69) is 29.4 Å². The number of methoxy groups -OCH3 is 1. The Morgan fingerprint density at radius 2 is 2.05 bits per heavy atom. The molecule has 2 rings (SSSR count). The van der Waals surface area contributed by atoms with Crippen molar-refractivity contribution in [2.45, 2.75) is 26.3 Å². The second-order valence-corrected chi connectivity index (χ2v) is 5.17. The fourth-order valence-corrected chi connectivity index (χ4v) is 2.99. The third-order valence-electron chi connectivity index (χ3n) is 2.93. The lowest BCUT2D eigenvalue weighted by Crippen LogP contribution is -2.19. The van der Waals surface area contributed by atoms with Gasteiger partial charge >= 0.3 is 0 Å². The summed E-state index contributed by atoms with van der Waals surface area (Å²) >= 11 is 1.62. The quantitative estimate of drug-likeness (QED) is 0.880.